The maximum Gasteiger partial charge on any atom is 0.410 e. The smallest absolute Gasteiger partial charge is 0.410 e. The Bertz CT molecular complexity index is 2220. The number of terminal acetylenes is 1. The van der Waals surface area contributed by atoms with Gasteiger partial charge in [-0.3, -0.25) is 9.80 Å². The molecule has 55 heavy (non-hydrogen) atoms. The van der Waals surface area contributed by atoms with Crippen molar-refractivity contribution in [1.82, 2.24) is 24.8 Å². The molecule has 0 N–H and O–H groups in total. The summed E-state index contributed by atoms with van der Waals surface area (Å²) in [4.78, 5) is 32.1. The third-order valence-electron chi connectivity index (χ3n) is 11.1. The number of rotatable bonds is 8. The van der Waals surface area contributed by atoms with Gasteiger partial charge in [-0.05, 0) is 76.6 Å². The number of pyridine rings is 1. The Morgan fingerprint density at radius 2 is 1.80 bits per heavy atom. The molecule has 4 aliphatic heterocycles. The highest BCUT2D eigenvalue weighted by Gasteiger charge is 2.50. The van der Waals surface area contributed by atoms with Crippen molar-refractivity contribution in [2.75, 3.05) is 51.6 Å². The zero-order valence-corrected chi connectivity index (χ0v) is 31.1. The number of methoxy groups -OCH3 is 1. The fourth-order valence-electron chi connectivity index (χ4n) is 8.85. The van der Waals surface area contributed by atoms with E-state index in [4.69, 9.17) is 25.4 Å². The summed E-state index contributed by atoms with van der Waals surface area (Å²) in [7, 11) is 1.43. The van der Waals surface area contributed by atoms with E-state index in [0.717, 1.165) is 13.0 Å². The molecule has 2 unspecified atom stereocenters. The van der Waals surface area contributed by atoms with E-state index < -0.39 is 52.2 Å². The molecule has 2 aromatic carbocycles. The monoisotopic (exact) mass is 762 g/mol. The second-order valence-corrected chi connectivity index (χ2v) is 15.8. The molecule has 8 rings (SSSR count). The first-order valence-corrected chi connectivity index (χ1v) is 18.5. The molecule has 0 saturated carbocycles. The minimum atomic E-state index is -1.08. The van der Waals surface area contributed by atoms with Gasteiger partial charge in [0.2, 0.25) is 5.95 Å². The van der Waals surface area contributed by atoms with Gasteiger partial charge in [-0.15, -0.1) is 6.42 Å². The number of hydrogen-bond donors (Lipinski definition) is 0. The van der Waals surface area contributed by atoms with Gasteiger partial charge in [0, 0.05) is 44.1 Å². The first kappa shape index (κ1) is 37.0. The molecule has 2 bridgehead atoms. The molecule has 15 heteroatoms. The SMILES string of the molecule is C#Cc1c(F)ccc2cc(OCOC)cc(-c3nc(F)c4c(N5CC6CCC(C5)N6C(=O)OC(C)(C)C)nc(OC[C@@]56CCCN5C[C@H](F)C6)nc4c3F)c12. The van der Waals surface area contributed by atoms with Crippen LogP contribution in [-0.4, -0.2) is 107 Å². The molecule has 4 aromatic rings. The molecule has 290 valence electrons. The van der Waals surface area contributed by atoms with Gasteiger partial charge >= 0.3 is 12.1 Å². The predicted octanol–water partition coefficient (Wildman–Crippen LogP) is 6.77. The first-order valence-electron chi connectivity index (χ1n) is 18.5. The maximum absolute atomic E-state index is 17.3. The Balaban J connectivity index is 1.27. The number of ether oxygens (including phenoxy) is 4. The van der Waals surface area contributed by atoms with E-state index in [9.17, 15) is 9.18 Å². The number of carbonyl (C=O) groups is 1. The zero-order chi connectivity index (χ0) is 38.8. The third kappa shape index (κ3) is 6.63. The second-order valence-electron chi connectivity index (χ2n) is 15.8. The van der Waals surface area contributed by atoms with Crippen LogP contribution in [-0.2, 0) is 9.47 Å². The van der Waals surface area contributed by atoms with Crippen molar-refractivity contribution in [1.29, 1.82) is 0 Å². The van der Waals surface area contributed by atoms with E-state index in [1.165, 1.54) is 25.3 Å². The number of carbonyl (C=O) groups excluding carboxylic acids is 1. The maximum atomic E-state index is 17.3. The summed E-state index contributed by atoms with van der Waals surface area (Å²) in [5, 5.41) is 0.234. The van der Waals surface area contributed by atoms with Crippen LogP contribution in [0.5, 0.6) is 11.8 Å². The van der Waals surface area contributed by atoms with E-state index >= 15 is 13.2 Å². The van der Waals surface area contributed by atoms with Gasteiger partial charge in [-0.25, -0.2) is 22.9 Å². The summed E-state index contributed by atoms with van der Waals surface area (Å²) in [5.74, 6) is -0.233. The van der Waals surface area contributed by atoms with Crippen molar-refractivity contribution in [2.45, 2.75) is 82.3 Å². The summed E-state index contributed by atoms with van der Waals surface area (Å²) >= 11 is 0. The normalized spacial score (nSPS) is 23.7. The van der Waals surface area contributed by atoms with Crippen LogP contribution in [0.2, 0.25) is 0 Å². The lowest BCUT2D eigenvalue weighted by Crippen LogP contribution is -2.57. The highest BCUT2D eigenvalue weighted by Crippen LogP contribution is 2.43. The molecular weight excluding hydrogens is 720 g/mol. The van der Waals surface area contributed by atoms with E-state index in [2.05, 4.69) is 25.8 Å². The van der Waals surface area contributed by atoms with Crippen LogP contribution in [0.3, 0.4) is 0 Å². The van der Waals surface area contributed by atoms with Crippen molar-refractivity contribution in [2.24, 2.45) is 0 Å². The lowest BCUT2D eigenvalue weighted by atomic mass is 9.95. The quantitative estimate of drug-likeness (QED) is 0.0828. The molecule has 0 spiro atoms. The Morgan fingerprint density at radius 1 is 1.04 bits per heavy atom. The van der Waals surface area contributed by atoms with Crippen molar-refractivity contribution in [3.8, 4) is 35.4 Å². The second kappa shape index (κ2) is 14.0. The standard InChI is InChI=1S/C40H42F4N6O5/c1-6-27-29(42)11-8-22-14-26(54-21-52-5)15-28(30(22)27)33-32(43)34-31(35(44)45-33)36(47-37(46-34)53-20-40-12-7-13-49(40)17-23(41)16-40)48-18-24-9-10-25(19-48)50(24)38(51)55-39(2,3)4/h1,8,11,14-15,23-25H,7,9-10,12-13,16-21H2,2-5H3/t23-,24?,25?,40+/m1/s1. The molecule has 11 nitrogen and oxygen atoms in total. The number of hydrogen-bond acceptors (Lipinski definition) is 10. The molecule has 4 atom stereocenters. The van der Waals surface area contributed by atoms with Crippen molar-refractivity contribution in [3.63, 3.8) is 0 Å². The largest absolute Gasteiger partial charge is 0.468 e. The van der Waals surface area contributed by atoms with E-state index in [1.54, 1.807) is 36.6 Å². The molecule has 0 radical (unpaired) electrons. The average Bonchev–Trinajstić information content (AvgIpc) is 3.76. The van der Waals surface area contributed by atoms with Crippen LogP contribution >= 0.6 is 0 Å². The van der Waals surface area contributed by atoms with Crippen LogP contribution in [0.15, 0.2) is 24.3 Å². The Kier molecular flexibility index (Phi) is 9.40. The number of alkyl halides is 1. The Labute approximate surface area is 315 Å². The Hall–Kier alpha value is -4.94. The number of anilines is 1. The number of benzene rings is 2. The summed E-state index contributed by atoms with van der Waals surface area (Å²) in [5.41, 5.74) is -2.36. The minimum Gasteiger partial charge on any atom is -0.468 e. The molecule has 0 aliphatic carbocycles. The Morgan fingerprint density at radius 3 is 2.51 bits per heavy atom. The number of piperazine rings is 1. The number of nitrogens with zero attached hydrogens (tertiary/aromatic N) is 6. The molecule has 4 saturated heterocycles. The fraction of sp³-hybridized carbons (Fsp3) is 0.500. The topological polar surface area (TPSA) is 102 Å². The number of aromatic nitrogens is 3. The number of amides is 1. The minimum absolute atomic E-state index is 0.0265. The molecule has 4 aliphatic rings. The van der Waals surface area contributed by atoms with Gasteiger partial charge in [0.15, 0.2) is 12.6 Å². The summed E-state index contributed by atoms with van der Waals surface area (Å²) in [6.45, 7) is 6.83. The summed E-state index contributed by atoms with van der Waals surface area (Å²) < 4.78 is 86.5. The molecular formula is C40H42F4N6O5. The van der Waals surface area contributed by atoms with Crippen molar-refractivity contribution < 1.29 is 41.3 Å². The van der Waals surface area contributed by atoms with E-state index in [-0.39, 0.29) is 84.5 Å². The van der Waals surface area contributed by atoms with Gasteiger partial charge in [-0.2, -0.15) is 14.4 Å². The molecule has 4 fully saturated rings. The average molecular weight is 763 g/mol. The van der Waals surface area contributed by atoms with Gasteiger partial charge in [-0.1, -0.05) is 12.0 Å². The zero-order valence-electron chi connectivity index (χ0n) is 31.1. The fourth-order valence-corrected chi connectivity index (χ4v) is 8.85. The number of fused-ring (bicyclic) bond motifs is 5. The highest BCUT2D eigenvalue weighted by molar-refractivity contribution is 6.03. The summed E-state index contributed by atoms with van der Waals surface area (Å²) in [6, 6.07) is 4.83. The van der Waals surface area contributed by atoms with E-state index in [0.29, 0.717) is 31.2 Å². The lowest BCUT2D eigenvalue weighted by molar-refractivity contribution is 0.0122. The predicted molar refractivity (Wildman–Crippen MR) is 196 cm³/mol. The molecule has 2 aromatic heterocycles. The van der Waals surface area contributed by atoms with Crippen LogP contribution in [0.1, 0.15) is 58.4 Å². The van der Waals surface area contributed by atoms with Gasteiger partial charge in [0.05, 0.1) is 23.2 Å². The van der Waals surface area contributed by atoms with Gasteiger partial charge < -0.3 is 23.8 Å². The van der Waals surface area contributed by atoms with Crippen LogP contribution in [0, 0.1) is 29.9 Å². The van der Waals surface area contributed by atoms with Crippen LogP contribution in [0.4, 0.5) is 28.2 Å². The number of halogens is 4. The molecule has 6 heterocycles. The van der Waals surface area contributed by atoms with Crippen molar-refractivity contribution in [3.05, 3.63) is 47.4 Å². The molecule has 1 amide bonds. The van der Waals surface area contributed by atoms with Crippen molar-refractivity contribution >= 4 is 33.6 Å². The van der Waals surface area contributed by atoms with Gasteiger partial charge in [0.1, 0.15) is 52.4 Å². The van der Waals surface area contributed by atoms with E-state index in [1.807, 2.05) is 0 Å². The first-order chi connectivity index (χ1) is 26.3. The van der Waals surface area contributed by atoms with Crippen LogP contribution < -0.4 is 14.4 Å². The third-order valence-corrected chi connectivity index (χ3v) is 11.1. The summed E-state index contributed by atoms with van der Waals surface area (Å²) in [6.07, 6.45) is 7.53. The van der Waals surface area contributed by atoms with Crippen LogP contribution in [0.25, 0.3) is 32.9 Å². The van der Waals surface area contributed by atoms with Gasteiger partial charge in [0.25, 0.3) is 0 Å². The lowest BCUT2D eigenvalue weighted by Gasteiger charge is -2.42. The highest BCUT2D eigenvalue weighted by atomic mass is 19.1.